The minimum atomic E-state index is -0.226. The van der Waals surface area contributed by atoms with Crippen LogP contribution in [0.1, 0.15) is 42.5 Å². The van der Waals surface area contributed by atoms with Crippen LogP contribution in [-0.4, -0.2) is 4.57 Å². The molecule has 0 fully saturated rings. The van der Waals surface area contributed by atoms with Gasteiger partial charge in [-0.15, -0.1) is 0 Å². The molecule has 2 aliphatic carbocycles. The monoisotopic (exact) mass is 405 g/mol. The Hall–Kier alpha value is -0.986. The molecule has 128 valence electrons. The van der Waals surface area contributed by atoms with Crippen LogP contribution in [0.5, 0.6) is 0 Å². The summed E-state index contributed by atoms with van der Waals surface area (Å²) in [6.45, 7) is 6.91. The third-order valence-electron chi connectivity index (χ3n) is 5.22. The summed E-state index contributed by atoms with van der Waals surface area (Å²) in [6.07, 6.45) is 7.96. The average molecular weight is 406 g/mol. The van der Waals surface area contributed by atoms with Crippen molar-refractivity contribution in [1.82, 2.24) is 4.57 Å². The summed E-state index contributed by atoms with van der Waals surface area (Å²) >= 11 is -0.226. The van der Waals surface area contributed by atoms with Crippen LogP contribution < -0.4 is 24.8 Å². The molecule has 2 aromatic rings. The maximum Gasteiger partial charge on any atom is -1.00 e. The van der Waals surface area contributed by atoms with E-state index >= 15 is 0 Å². The Morgan fingerprint density at radius 3 is 2.24 bits per heavy atom. The van der Waals surface area contributed by atoms with Crippen LogP contribution in [0.3, 0.4) is 0 Å². The summed E-state index contributed by atoms with van der Waals surface area (Å²) in [7, 11) is 0. The van der Waals surface area contributed by atoms with Gasteiger partial charge in [0.25, 0.3) is 0 Å². The molecule has 4 heteroatoms. The van der Waals surface area contributed by atoms with Crippen LogP contribution in [0.15, 0.2) is 69.4 Å². The van der Waals surface area contributed by atoms with Gasteiger partial charge in [-0.25, -0.2) is 0 Å². The van der Waals surface area contributed by atoms with Gasteiger partial charge in [-0.05, 0) is 0 Å². The summed E-state index contributed by atoms with van der Waals surface area (Å²) in [5.41, 5.74) is 9.05. The summed E-state index contributed by atoms with van der Waals surface area (Å²) in [5, 5.41) is 0. The van der Waals surface area contributed by atoms with Crippen molar-refractivity contribution >= 4 is 11.8 Å². The molecule has 0 aliphatic heterocycles. The van der Waals surface area contributed by atoms with Gasteiger partial charge in [0.1, 0.15) is 0 Å². The Morgan fingerprint density at radius 1 is 0.920 bits per heavy atom. The quantitative estimate of drug-likeness (QED) is 0.615. The number of aromatic nitrogens is 1. The van der Waals surface area contributed by atoms with Crippen LogP contribution in [0.2, 0.25) is 0 Å². The number of allylic oxidation sites excluding steroid dienone is 5. The fourth-order valence-corrected chi connectivity index (χ4v) is 6.60. The van der Waals surface area contributed by atoms with Crippen molar-refractivity contribution in [3.05, 3.63) is 80.5 Å². The standard InChI is InChI=1S/C13H10N.C8H11.2ClH.Ti/c1-2-6-12-10-13(9-11(12)5-1)14-7-3-4-8-14;1-6-4-5-7(2)8(6)3;;;/h1-10H;4H2,1-3H3;2*1H;/q;;;;+2/p-2. The summed E-state index contributed by atoms with van der Waals surface area (Å²) in [4.78, 5) is 0. The minimum Gasteiger partial charge on any atom is -1.00 e. The van der Waals surface area contributed by atoms with E-state index in [0.29, 0.717) is 4.22 Å². The molecule has 1 aromatic carbocycles. The number of hydrogen-bond donors (Lipinski definition) is 0. The van der Waals surface area contributed by atoms with Gasteiger partial charge in [0.15, 0.2) is 0 Å². The molecule has 0 saturated heterocycles. The van der Waals surface area contributed by atoms with Crippen LogP contribution in [0.25, 0.3) is 11.8 Å². The maximum atomic E-state index is 2.39. The molecule has 0 N–H and O–H groups in total. The van der Waals surface area contributed by atoms with Crippen LogP contribution in [0, 0.1) is 0 Å². The molecule has 0 saturated carbocycles. The number of nitrogens with zero attached hydrogens (tertiary/aromatic N) is 1. The average Bonchev–Trinajstić information content (AvgIpc) is 3.25. The zero-order valence-corrected chi connectivity index (χ0v) is 17.8. The predicted octanol–water partition coefficient (Wildman–Crippen LogP) is -0.354. The van der Waals surface area contributed by atoms with E-state index in [1.165, 1.54) is 28.8 Å². The smallest absolute Gasteiger partial charge is 1.00 e. The summed E-state index contributed by atoms with van der Waals surface area (Å²) < 4.78 is 4.63. The third-order valence-corrected chi connectivity index (χ3v) is 8.03. The first-order chi connectivity index (χ1) is 11.1. The molecule has 1 nitrogen and oxygen atoms in total. The van der Waals surface area contributed by atoms with E-state index in [0.717, 1.165) is 0 Å². The van der Waals surface area contributed by atoms with Crippen molar-refractivity contribution in [3.63, 3.8) is 0 Å². The molecule has 2 aliphatic rings. The first-order valence-electron chi connectivity index (χ1n) is 8.22. The number of fused-ring (bicyclic) bond motifs is 1. The van der Waals surface area contributed by atoms with Gasteiger partial charge >= 0.3 is 147 Å². The maximum absolute atomic E-state index is 2.39. The van der Waals surface area contributed by atoms with Crippen molar-refractivity contribution in [2.45, 2.75) is 31.4 Å². The molecule has 0 spiro atoms. The van der Waals surface area contributed by atoms with Gasteiger partial charge in [-0.3, -0.25) is 0 Å². The number of benzene rings is 1. The molecule has 1 aromatic heterocycles. The summed E-state index contributed by atoms with van der Waals surface area (Å²) in [5.74, 6) is 0. The van der Waals surface area contributed by atoms with Crippen molar-refractivity contribution < 1.29 is 44.0 Å². The molecule has 0 radical (unpaired) electrons. The molecule has 25 heavy (non-hydrogen) atoms. The third kappa shape index (κ3) is 3.62. The van der Waals surface area contributed by atoms with Crippen molar-refractivity contribution in [3.8, 4) is 0 Å². The molecule has 1 heterocycles. The molecular weight excluding hydrogens is 385 g/mol. The second-order valence-electron chi connectivity index (χ2n) is 6.55. The second-order valence-corrected chi connectivity index (χ2v) is 8.85. The van der Waals surface area contributed by atoms with Gasteiger partial charge in [-0.2, -0.15) is 0 Å². The molecule has 4 rings (SSSR count). The number of rotatable bonds is 3. The molecule has 1 unspecified atom stereocenters. The molecule has 0 amide bonds. The van der Waals surface area contributed by atoms with E-state index in [1.807, 2.05) is 0 Å². The van der Waals surface area contributed by atoms with E-state index in [9.17, 15) is 0 Å². The fraction of sp³-hybridized carbons (Fsp3) is 0.238. The van der Waals surface area contributed by atoms with Gasteiger partial charge < -0.3 is 24.8 Å². The van der Waals surface area contributed by atoms with Crippen molar-refractivity contribution in [1.29, 1.82) is 0 Å². The molecule has 1 atom stereocenters. The second kappa shape index (κ2) is 8.14. The van der Waals surface area contributed by atoms with Crippen molar-refractivity contribution in [2.24, 2.45) is 0 Å². The molecular formula is C21H21Cl2NTi. The van der Waals surface area contributed by atoms with E-state index in [2.05, 4.69) is 80.2 Å². The van der Waals surface area contributed by atoms with Gasteiger partial charge in [0, 0.05) is 0 Å². The largest absolute Gasteiger partial charge is 1.00 e. The van der Waals surface area contributed by atoms with Crippen LogP contribution in [-0.2, 0) is 19.2 Å². The Bertz CT molecular complexity index is 860. The van der Waals surface area contributed by atoms with E-state index in [1.54, 1.807) is 15.0 Å². The van der Waals surface area contributed by atoms with Crippen molar-refractivity contribution in [2.75, 3.05) is 0 Å². The molecule has 0 bridgehead atoms. The SMILES string of the molecule is CC1=C(C)C(C)=[C]([Ti+2][CH]2C(n3cccc3)=Cc3ccccc32)C1.[Cl-].[Cl-]. The predicted molar refractivity (Wildman–Crippen MR) is 93.5 cm³/mol. The van der Waals surface area contributed by atoms with E-state index in [-0.39, 0.29) is 44.0 Å². The zero-order valence-electron chi connectivity index (χ0n) is 14.7. The van der Waals surface area contributed by atoms with Gasteiger partial charge in [0.05, 0.1) is 0 Å². The number of hydrogen-bond acceptors (Lipinski definition) is 0. The topological polar surface area (TPSA) is 4.93 Å². The van der Waals surface area contributed by atoms with Gasteiger partial charge in [-0.1, -0.05) is 0 Å². The first kappa shape index (κ1) is 20.3. The van der Waals surface area contributed by atoms with Gasteiger partial charge in [0.2, 0.25) is 0 Å². The normalized spacial score (nSPS) is 18.4. The van der Waals surface area contributed by atoms with E-state index < -0.39 is 0 Å². The zero-order chi connectivity index (χ0) is 16.0. The Labute approximate surface area is 171 Å². The Kier molecular flexibility index (Phi) is 6.62. The number of halogens is 2. The first-order valence-corrected chi connectivity index (χ1v) is 9.90. The van der Waals surface area contributed by atoms with Crippen LogP contribution >= 0.6 is 0 Å². The minimum absolute atomic E-state index is 0. The summed E-state index contributed by atoms with van der Waals surface area (Å²) in [6, 6.07) is 13.2. The fourth-order valence-electron chi connectivity index (χ4n) is 3.60. The van der Waals surface area contributed by atoms with Crippen LogP contribution in [0.4, 0.5) is 0 Å². The Balaban J connectivity index is 0.00000113. The Morgan fingerprint density at radius 2 is 1.60 bits per heavy atom. The van der Waals surface area contributed by atoms with E-state index in [4.69, 9.17) is 0 Å².